The average molecular weight is 427 g/mol. The molecule has 2 amide bonds. The molecule has 0 radical (unpaired) electrons. The summed E-state index contributed by atoms with van der Waals surface area (Å²) in [6.07, 6.45) is 1.77. The van der Waals surface area contributed by atoms with Crippen molar-refractivity contribution in [3.05, 3.63) is 64.1 Å². The van der Waals surface area contributed by atoms with Crippen molar-refractivity contribution >= 4 is 51.9 Å². The molecule has 0 bridgehead atoms. The van der Waals surface area contributed by atoms with Gasteiger partial charge in [0.15, 0.2) is 0 Å². The average Bonchev–Trinajstić information content (AvgIpc) is 2.93. The van der Waals surface area contributed by atoms with E-state index in [2.05, 4.69) is 5.32 Å². The number of nitrogens with one attached hydrogen (secondary N) is 1. The Balaban J connectivity index is 1.67. The molecule has 5 nitrogen and oxygen atoms in total. The number of anilines is 1. The highest BCUT2D eigenvalue weighted by Gasteiger charge is 2.33. The van der Waals surface area contributed by atoms with E-state index in [-0.39, 0.29) is 18.4 Å². The molecule has 150 valence electrons. The third-order valence-electron chi connectivity index (χ3n) is 4.32. The van der Waals surface area contributed by atoms with Gasteiger partial charge in [0.2, 0.25) is 5.91 Å². The third-order valence-corrected chi connectivity index (χ3v) is 5.70. The minimum absolute atomic E-state index is 0.112. The quantitative estimate of drug-likeness (QED) is 0.543. The Morgan fingerprint density at radius 3 is 2.59 bits per heavy atom. The Labute approximate surface area is 180 Å². The lowest BCUT2D eigenvalue weighted by molar-refractivity contribution is -0.126. The van der Waals surface area contributed by atoms with Crippen LogP contribution < -0.4 is 10.1 Å². The van der Waals surface area contributed by atoms with Crippen molar-refractivity contribution in [1.29, 1.82) is 0 Å². The van der Waals surface area contributed by atoms with E-state index in [1.54, 1.807) is 6.08 Å². The Morgan fingerprint density at radius 1 is 1.21 bits per heavy atom. The Kier molecular flexibility index (Phi) is 6.71. The standard InChI is InChI=1S/C22H22N2O3S2/c1-4-27-17-8-6-16(7-9-17)12-19-21(26)24(22(28)29-19)13-20(25)23-18-10-5-14(2)11-15(18)3/h5-12H,4,13H2,1-3H3,(H,23,25). The van der Waals surface area contributed by atoms with Gasteiger partial charge in [-0.1, -0.05) is 53.8 Å². The number of rotatable bonds is 6. The summed E-state index contributed by atoms with van der Waals surface area (Å²) in [5, 5.41) is 2.85. The lowest BCUT2D eigenvalue weighted by Crippen LogP contribution is -2.36. The molecule has 0 saturated carbocycles. The van der Waals surface area contributed by atoms with Gasteiger partial charge in [0, 0.05) is 5.69 Å². The number of hydrogen-bond donors (Lipinski definition) is 1. The third kappa shape index (κ3) is 5.25. The summed E-state index contributed by atoms with van der Waals surface area (Å²) in [7, 11) is 0. The van der Waals surface area contributed by atoms with Crippen molar-refractivity contribution in [2.75, 3.05) is 18.5 Å². The first kappa shape index (κ1) is 21.1. The molecular formula is C22H22N2O3S2. The Morgan fingerprint density at radius 2 is 1.93 bits per heavy atom. The summed E-state index contributed by atoms with van der Waals surface area (Å²) in [6, 6.07) is 13.3. The largest absolute Gasteiger partial charge is 0.494 e. The van der Waals surface area contributed by atoms with Crippen LogP contribution in [-0.4, -0.2) is 34.2 Å². The van der Waals surface area contributed by atoms with Crippen molar-refractivity contribution < 1.29 is 14.3 Å². The molecule has 1 fully saturated rings. The van der Waals surface area contributed by atoms with E-state index in [0.29, 0.717) is 15.8 Å². The number of thiocarbonyl (C=S) groups is 1. The lowest BCUT2D eigenvalue weighted by atomic mass is 10.1. The molecule has 0 spiro atoms. The predicted octanol–water partition coefficient (Wildman–Crippen LogP) is 4.54. The summed E-state index contributed by atoms with van der Waals surface area (Å²) >= 11 is 6.52. The summed E-state index contributed by atoms with van der Waals surface area (Å²) in [5.41, 5.74) is 3.70. The SMILES string of the molecule is CCOc1ccc(C=C2SC(=S)N(CC(=O)Nc3ccc(C)cc3C)C2=O)cc1. The highest BCUT2D eigenvalue weighted by Crippen LogP contribution is 2.32. The fraction of sp³-hybridized carbons (Fsp3) is 0.227. The molecule has 29 heavy (non-hydrogen) atoms. The molecular weight excluding hydrogens is 404 g/mol. The maximum atomic E-state index is 12.7. The van der Waals surface area contributed by atoms with Crippen LogP contribution in [0.5, 0.6) is 5.75 Å². The number of carbonyl (C=O) groups excluding carboxylic acids is 2. The molecule has 2 aromatic carbocycles. The van der Waals surface area contributed by atoms with E-state index >= 15 is 0 Å². The van der Waals surface area contributed by atoms with Crippen LogP contribution in [0.25, 0.3) is 6.08 Å². The minimum Gasteiger partial charge on any atom is -0.494 e. The number of nitrogens with zero attached hydrogens (tertiary/aromatic N) is 1. The second kappa shape index (κ2) is 9.24. The van der Waals surface area contributed by atoms with Crippen molar-refractivity contribution in [1.82, 2.24) is 4.90 Å². The van der Waals surface area contributed by atoms with Crippen LogP contribution in [0.15, 0.2) is 47.4 Å². The van der Waals surface area contributed by atoms with Gasteiger partial charge >= 0.3 is 0 Å². The van der Waals surface area contributed by atoms with E-state index in [0.717, 1.165) is 28.1 Å². The highest BCUT2D eigenvalue weighted by molar-refractivity contribution is 8.26. The van der Waals surface area contributed by atoms with E-state index < -0.39 is 0 Å². The fourth-order valence-electron chi connectivity index (χ4n) is 2.90. The van der Waals surface area contributed by atoms with Gasteiger partial charge in [-0.2, -0.15) is 0 Å². The van der Waals surface area contributed by atoms with Crippen LogP contribution in [0.1, 0.15) is 23.6 Å². The van der Waals surface area contributed by atoms with Gasteiger partial charge in [0.25, 0.3) is 5.91 Å². The highest BCUT2D eigenvalue weighted by atomic mass is 32.2. The summed E-state index contributed by atoms with van der Waals surface area (Å²) in [4.78, 5) is 27.0. The predicted molar refractivity (Wildman–Crippen MR) is 122 cm³/mol. The Bertz CT molecular complexity index is 984. The van der Waals surface area contributed by atoms with Crippen molar-refractivity contribution in [2.24, 2.45) is 0 Å². The molecule has 0 atom stereocenters. The molecule has 0 unspecified atom stereocenters. The molecule has 1 saturated heterocycles. The maximum Gasteiger partial charge on any atom is 0.266 e. The van der Waals surface area contributed by atoms with Gasteiger partial charge in [0.1, 0.15) is 16.6 Å². The molecule has 3 rings (SSSR count). The molecule has 1 aliphatic rings. The molecule has 1 N–H and O–H groups in total. The zero-order chi connectivity index (χ0) is 21.0. The van der Waals surface area contributed by atoms with Gasteiger partial charge in [-0.25, -0.2) is 0 Å². The van der Waals surface area contributed by atoms with Crippen LogP contribution in [-0.2, 0) is 9.59 Å². The molecule has 2 aromatic rings. The van der Waals surface area contributed by atoms with Gasteiger partial charge in [-0.15, -0.1) is 0 Å². The molecule has 0 aliphatic carbocycles. The van der Waals surface area contributed by atoms with Gasteiger partial charge in [0.05, 0.1) is 11.5 Å². The maximum absolute atomic E-state index is 12.7. The van der Waals surface area contributed by atoms with Gasteiger partial charge < -0.3 is 10.1 Å². The van der Waals surface area contributed by atoms with Gasteiger partial charge in [-0.05, 0) is 56.2 Å². The van der Waals surface area contributed by atoms with Crippen molar-refractivity contribution in [3.8, 4) is 5.75 Å². The van der Waals surface area contributed by atoms with Crippen LogP contribution in [0.2, 0.25) is 0 Å². The number of aryl methyl sites for hydroxylation is 2. The second-order valence-electron chi connectivity index (χ2n) is 6.64. The monoisotopic (exact) mass is 426 g/mol. The molecule has 0 aromatic heterocycles. The van der Waals surface area contributed by atoms with E-state index in [1.165, 1.54) is 16.7 Å². The number of hydrogen-bond acceptors (Lipinski definition) is 5. The fourth-order valence-corrected chi connectivity index (χ4v) is 4.16. The topological polar surface area (TPSA) is 58.6 Å². The number of thioether (sulfide) groups is 1. The van der Waals surface area contributed by atoms with Crippen LogP contribution in [0, 0.1) is 13.8 Å². The van der Waals surface area contributed by atoms with Crippen LogP contribution in [0.3, 0.4) is 0 Å². The van der Waals surface area contributed by atoms with Crippen molar-refractivity contribution in [2.45, 2.75) is 20.8 Å². The first-order chi connectivity index (χ1) is 13.9. The number of carbonyl (C=O) groups is 2. The van der Waals surface area contributed by atoms with E-state index in [9.17, 15) is 9.59 Å². The van der Waals surface area contributed by atoms with Crippen LogP contribution in [0.4, 0.5) is 5.69 Å². The molecule has 1 aliphatic heterocycles. The van der Waals surface area contributed by atoms with Crippen molar-refractivity contribution in [3.63, 3.8) is 0 Å². The smallest absolute Gasteiger partial charge is 0.266 e. The number of ether oxygens (including phenoxy) is 1. The summed E-state index contributed by atoms with van der Waals surface area (Å²) in [6.45, 7) is 6.34. The molecule has 1 heterocycles. The summed E-state index contributed by atoms with van der Waals surface area (Å²) < 4.78 is 5.80. The summed E-state index contributed by atoms with van der Waals surface area (Å²) in [5.74, 6) is 0.237. The lowest BCUT2D eigenvalue weighted by Gasteiger charge is -2.15. The Hall–Kier alpha value is -2.64. The zero-order valence-electron chi connectivity index (χ0n) is 16.5. The minimum atomic E-state index is -0.282. The molecule has 7 heteroatoms. The van der Waals surface area contributed by atoms with Crippen LogP contribution >= 0.6 is 24.0 Å². The second-order valence-corrected chi connectivity index (χ2v) is 8.31. The van der Waals surface area contributed by atoms with E-state index in [4.69, 9.17) is 17.0 Å². The zero-order valence-corrected chi connectivity index (χ0v) is 18.2. The number of amides is 2. The van der Waals surface area contributed by atoms with Gasteiger partial charge in [-0.3, -0.25) is 14.5 Å². The first-order valence-corrected chi connectivity index (χ1v) is 10.4. The normalized spacial score (nSPS) is 15.1. The number of benzene rings is 2. The van der Waals surface area contributed by atoms with E-state index in [1.807, 2.05) is 63.2 Å². The first-order valence-electron chi connectivity index (χ1n) is 9.22.